The molecule has 1 atom stereocenters. The van der Waals surface area contributed by atoms with E-state index in [1.165, 1.54) is 0 Å². The Labute approximate surface area is 95.2 Å². The van der Waals surface area contributed by atoms with Gasteiger partial charge in [0.2, 0.25) is 0 Å². The molecule has 0 aliphatic carbocycles. The molecule has 0 aromatic carbocycles. The van der Waals surface area contributed by atoms with Crippen LogP contribution in [0.3, 0.4) is 0 Å². The van der Waals surface area contributed by atoms with E-state index in [9.17, 15) is 0 Å². The second kappa shape index (κ2) is 5.83. The van der Waals surface area contributed by atoms with E-state index in [0.717, 1.165) is 0 Å². The van der Waals surface area contributed by atoms with E-state index in [2.05, 4.69) is 65.7 Å². The maximum absolute atomic E-state index is 5.99. The van der Waals surface area contributed by atoms with Crippen LogP contribution in [0.15, 0.2) is 0 Å². The average molecular weight is 216 g/mol. The van der Waals surface area contributed by atoms with E-state index in [4.69, 9.17) is 4.74 Å². The zero-order valence-corrected chi connectivity index (χ0v) is 11.6. The normalized spacial score (nSPS) is 15.4. The second-order valence-electron chi connectivity index (χ2n) is 5.66. The summed E-state index contributed by atoms with van der Waals surface area (Å²) < 4.78 is 5.99. The van der Waals surface area contributed by atoms with Crippen molar-refractivity contribution in [1.29, 1.82) is 0 Å². The molecule has 0 aromatic heterocycles. The number of hydrogen-bond donors (Lipinski definition) is 1. The van der Waals surface area contributed by atoms with Crippen LogP contribution in [0, 0.1) is 0 Å². The molecule has 0 spiro atoms. The van der Waals surface area contributed by atoms with Gasteiger partial charge in [0.25, 0.3) is 0 Å². The summed E-state index contributed by atoms with van der Waals surface area (Å²) in [5.41, 5.74) is -0.129. The van der Waals surface area contributed by atoms with E-state index in [0.29, 0.717) is 12.1 Å². The first kappa shape index (κ1) is 14.9. The van der Waals surface area contributed by atoms with Gasteiger partial charge in [-0.1, -0.05) is 0 Å². The van der Waals surface area contributed by atoms with Crippen molar-refractivity contribution in [3.05, 3.63) is 0 Å². The number of rotatable bonds is 5. The maximum atomic E-state index is 5.99. The van der Waals surface area contributed by atoms with Crippen LogP contribution in [0.4, 0.5) is 0 Å². The molecule has 0 amide bonds. The lowest BCUT2D eigenvalue weighted by Crippen LogP contribution is -2.53. The van der Waals surface area contributed by atoms with Gasteiger partial charge in [0, 0.05) is 12.1 Å². The lowest BCUT2D eigenvalue weighted by molar-refractivity contribution is -0.152. The van der Waals surface area contributed by atoms with Crippen LogP contribution < -0.4 is 5.32 Å². The Bertz CT molecular complexity index is 173. The Morgan fingerprint density at radius 2 is 1.53 bits per heavy atom. The van der Waals surface area contributed by atoms with Gasteiger partial charge in [-0.05, 0) is 55.5 Å². The van der Waals surface area contributed by atoms with Crippen molar-refractivity contribution in [2.75, 3.05) is 7.05 Å². The number of nitrogens with one attached hydrogen (secondary N) is 1. The number of nitrogens with zero attached hydrogens (tertiary/aromatic N) is 1. The predicted molar refractivity (Wildman–Crippen MR) is 65.8 cm³/mol. The highest BCUT2D eigenvalue weighted by Gasteiger charge is 2.24. The zero-order valence-electron chi connectivity index (χ0n) is 11.6. The topological polar surface area (TPSA) is 24.5 Å². The second-order valence-corrected chi connectivity index (χ2v) is 5.66. The smallest absolute Gasteiger partial charge is 0.166 e. The standard InChI is InChI=1S/C12H28N2O/c1-9(2)13-11(14(8)10(3)4)15-12(5,6)7/h9-11,13H,1-8H3. The third-order valence-electron chi connectivity index (χ3n) is 2.13. The molecule has 0 saturated heterocycles. The Balaban J connectivity index is 4.44. The number of hydrogen-bond acceptors (Lipinski definition) is 3. The van der Waals surface area contributed by atoms with Crippen LogP contribution in [-0.2, 0) is 4.74 Å². The van der Waals surface area contributed by atoms with Gasteiger partial charge in [0.15, 0.2) is 6.35 Å². The maximum Gasteiger partial charge on any atom is 0.166 e. The predicted octanol–water partition coefficient (Wildman–Crippen LogP) is 2.42. The van der Waals surface area contributed by atoms with E-state index in [-0.39, 0.29) is 12.0 Å². The van der Waals surface area contributed by atoms with Crippen molar-refractivity contribution < 1.29 is 4.74 Å². The average Bonchev–Trinajstić information content (AvgIpc) is 1.97. The molecular weight excluding hydrogens is 188 g/mol. The molecule has 0 fully saturated rings. The van der Waals surface area contributed by atoms with Crippen molar-refractivity contribution in [2.24, 2.45) is 0 Å². The van der Waals surface area contributed by atoms with Crippen LogP contribution in [0.1, 0.15) is 48.5 Å². The first-order chi connectivity index (χ1) is 6.63. The summed E-state index contributed by atoms with van der Waals surface area (Å²) in [7, 11) is 2.08. The molecule has 3 heteroatoms. The third kappa shape index (κ3) is 6.88. The zero-order chi connectivity index (χ0) is 12.2. The van der Waals surface area contributed by atoms with Crippen molar-refractivity contribution >= 4 is 0 Å². The monoisotopic (exact) mass is 216 g/mol. The summed E-state index contributed by atoms with van der Waals surface area (Å²) in [6.07, 6.45) is -0.0231. The van der Waals surface area contributed by atoms with Crippen LogP contribution in [-0.4, -0.2) is 36.0 Å². The minimum absolute atomic E-state index is 0.0231. The largest absolute Gasteiger partial charge is 0.344 e. The molecular formula is C12H28N2O. The molecule has 0 rings (SSSR count). The van der Waals surface area contributed by atoms with Gasteiger partial charge in [-0.2, -0.15) is 0 Å². The van der Waals surface area contributed by atoms with E-state index >= 15 is 0 Å². The highest BCUT2D eigenvalue weighted by atomic mass is 16.5. The summed E-state index contributed by atoms with van der Waals surface area (Å²) in [6, 6.07) is 0.877. The number of ether oxygens (including phenoxy) is 1. The van der Waals surface area contributed by atoms with Gasteiger partial charge in [-0.3, -0.25) is 10.2 Å². The van der Waals surface area contributed by atoms with Gasteiger partial charge >= 0.3 is 0 Å². The Morgan fingerprint density at radius 3 is 1.80 bits per heavy atom. The summed E-state index contributed by atoms with van der Waals surface area (Å²) in [6.45, 7) is 14.8. The van der Waals surface area contributed by atoms with Crippen LogP contribution in [0.5, 0.6) is 0 Å². The fourth-order valence-electron chi connectivity index (χ4n) is 1.13. The van der Waals surface area contributed by atoms with Crippen molar-refractivity contribution in [1.82, 2.24) is 10.2 Å². The minimum Gasteiger partial charge on any atom is -0.344 e. The summed E-state index contributed by atoms with van der Waals surface area (Å²) in [5.74, 6) is 0. The lowest BCUT2D eigenvalue weighted by atomic mass is 10.2. The van der Waals surface area contributed by atoms with Gasteiger partial charge < -0.3 is 4.74 Å². The molecule has 0 aliphatic rings. The first-order valence-electron chi connectivity index (χ1n) is 5.79. The van der Waals surface area contributed by atoms with Crippen LogP contribution >= 0.6 is 0 Å². The molecule has 0 aliphatic heterocycles. The summed E-state index contributed by atoms with van der Waals surface area (Å²) >= 11 is 0. The molecule has 1 unspecified atom stereocenters. The molecule has 0 aromatic rings. The molecule has 0 radical (unpaired) electrons. The Hall–Kier alpha value is -0.120. The minimum atomic E-state index is -0.129. The van der Waals surface area contributed by atoms with Gasteiger partial charge in [-0.15, -0.1) is 0 Å². The molecule has 0 heterocycles. The van der Waals surface area contributed by atoms with E-state index < -0.39 is 0 Å². The van der Waals surface area contributed by atoms with Crippen molar-refractivity contribution in [3.8, 4) is 0 Å². The van der Waals surface area contributed by atoms with Gasteiger partial charge in [0.1, 0.15) is 0 Å². The SMILES string of the molecule is CC(C)NC(OC(C)(C)C)N(C)C(C)C. The van der Waals surface area contributed by atoms with Crippen LogP contribution in [0.25, 0.3) is 0 Å². The van der Waals surface area contributed by atoms with Crippen LogP contribution in [0.2, 0.25) is 0 Å². The van der Waals surface area contributed by atoms with E-state index in [1.807, 2.05) is 0 Å². The van der Waals surface area contributed by atoms with E-state index in [1.54, 1.807) is 0 Å². The van der Waals surface area contributed by atoms with Crippen molar-refractivity contribution in [2.45, 2.75) is 72.5 Å². The quantitative estimate of drug-likeness (QED) is 0.714. The Kier molecular flexibility index (Phi) is 5.78. The third-order valence-corrected chi connectivity index (χ3v) is 2.13. The lowest BCUT2D eigenvalue weighted by Gasteiger charge is -2.37. The molecule has 0 bridgehead atoms. The fourth-order valence-corrected chi connectivity index (χ4v) is 1.13. The molecule has 3 nitrogen and oxygen atoms in total. The molecule has 15 heavy (non-hydrogen) atoms. The summed E-state index contributed by atoms with van der Waals surface area (Å²) in [4.78, 5) is 2.20. The highest BCUT2D eigenvalue weighted by molar-refractivity contribution is 4.69. The summed E-state index contributed by atoms with van der Waals surface area (Å²) in [5, 5.41) is 3.42. The van der Waals surface area contributed by atoms with Gasteiger partial charge in [0.05, 0.1) is 5.60 Å². The Morgan fingerprint density at radius 1 is 1.07 bits per heavy atom. The molecule has 0 saturated carbocycles. The highest BCUT2D eigenvalue weighted by Crippen LogP contribution is 2.13. The fraction of sp³-hybridized carbons (Fsp3) is 1.00. The first-order valence-corrected chi connectivity index (χ1v) is 5.79. The molecule has 1 N–H and O–H groups in total. The van der Waals surface area contributed by atoms with Crippen molar-refractivity contribution in [3.63, 3.8) is 0 Å². The molecule has 92 valence electrons. The van der Waals surface area contributed by atoms with Gasteiger partial charge in [-0.25, -0.2) is 0 Å².